The summed E-state index contributed by atoms with van der Waals surface area (Å²) in [5, 5.41) is 10.3. The van der Waals surface area contributed by atoms with Gasteiger partial charge in [-0.15, -0.1) is 0 Å². The Morgan fingerprint density at radius 1 is 1.32 bits per heavy atom. The van der Waals surface area contributed by atoms with Gasteiger partial charge in [-0.2, -0.15) is 0 Å². The average molecular weight is 275 g/mol. The molecule has 0 radical (unpaired) electrons. The number of ether oxygens (including phenoxy) is 2. The molecule has 0 atom stereocenters. The van der Waals surface area contributed by atoms with E-state index in [2.05, 4.69) is 0 Å². The number of benzene rings is 1. The van der Waals surface area contributed by atoms with Crippen LogP contribution in [0.4, 0.5) is 8.78 Å². The number of methoxy groups -OCH3 is 1. The predicted molar refractivity (Wildman–Crippen MR) is 63.5 cm³/mol. The van der Waals surface area contributed by atoms with E-state index in [1.165, 1.54) is 7.11 Å². The molecule has 106 valence electrons. The summed E-state index contributed by atoms with van der Waals surface area (Å²) in [4.78, 5) is 11.2. The molecule has 0 bridgehead atoms. The third-order valence-electron chi connectivity index (χ3n) is 2.20. The fourth-order valence-electron chi connectivity index (χ4n) is 1.16. The molecular formula is C12H15F2NO4. The molecule has 7 heteroatoms. The lowest BCUT2D eigenvalue weighted by Crippen LogP contribution is -2.40. The Morgan fingerprint density at radius 2 is 1.89 bits per heavy atom. The number of hydrogen-bond donors (Lipinski definition) is 2. The topological polar surface area (TPSA) is 67.8 Å². The van der Waals surface area contributed by atoms with Crippen molar-refractivity contribution in [1.29, 1.82) is 0 Å². The van der Waals surface area contributed by atoms with E-state index in [-0.39, 0.29) is 6.61 Å². The first kappa shape index (κ1) is 15.2. The molecule has 1 rings (SSSR count). The molecule has 0 aliphatic rings. The van der Waals surface area contributed by atoms with Gasteiger partial charge in [-0.05, 0) is 24.3 Å². The van der Waals surface area contributed by atoms with Crippen molar-refractivity contribution in [2.75, 3.05) is 26.9 Å². The highest BCUT2D eigenvalue weighted by Crippen LogP contribution is 2.16. The quantitative estimate of drug-likeness (QED) is 0.773. The summed E-state index contributed by atoms with van der Waals surface area (Å²) < 4.78 is 35.3. The number of aliphatic hydroxyl groups is 1. The van der Waals surface area contributed by atoms with Crippen molar-refractivity contribution in [3.63, 3.8) is 0 Å². The van der Waals surface area contributed by atoms with E-state index in [1.54, 1.807) is 24.3 Å². The smallest absolute Gasteiger partial charge is 0.287 e. The first-order valence-corrected chi connectivity index (χ1v) is 5.49. The third kappa shape index (κ3) is 5.52. The van der Waals surface area contributed by atoms with Gasteiger partial charge in [-0.1, -0.05) is 0 Å². The van der Waals surface area contributed by atoms with Gasteiger partial charge in [-0.3, -0.25) is 4.79 Å². The van der Waals surface area contributed by atoms with Crippen molar-refractivity contribution in [3.05, 3.63) is 24.3 Å². The van der Waals surface area contributed by atoms with Crippen molar-refractivity contribution < 1.29 is 28.2 Å². The number of nitrogens with one attached hydrogen (secondary N) is 1. The van der Waals surface area contributed by atoms with Crippen LogP contribution in [0.15, 0.2) is 24.3 Å². The van der Waals surface area contributed by atoms with Gasteiger partial charge in [0, 0.05) is 0 Å². The zero-order valence-electron chi connectivity index (χ0n) is 10.4. The fourth-order valence-corrected chi connectivity index (χ4v) is 1.16. The number of carbonyl (C=O) groups excluding carboxylic acids is 1. The summed E-state index contributed by atoms with van der Waals surface area (Å²) in [6.45, 7) is -2.62. The second-order valence-electron chi connectivity index (χ2n) is 3.75. The molecule has 0 saturated carbocycles. The van der Waals surface area contributed by atoms with Crippen molar-refractivity contribution in [2.45, 2.75) is 5.92 Å². The second kappa shape index (κ2) is 6.89. The fraction of sp³-hybridized carbons (Fsp3) is 0.417. The summed E-state index contributed by atoms with van der Waals surface area (Å²) in [5.74, 6) is -2.95. The van der Waals surface area contributed by atoms with Gasteiger partial charge in [0.05, 0.1) is 13.7 Å². The second-order valence-corrected chi connectivity index (χ2v) is 3.75. The first-order chi connectivity index (χ1) is 8.96. The Bertz CT molecular complexity index is 409. The van der Waals surface area contributed by atoms with Crippen LogP contribution in [0.1, 0.15) is 0 Å². The van der Waals surface area contributed by atoms with Gasteiger partial charge >= 0.3 is 0 Å². The van der Waals surface area contributed by atoms with Crippen molar-refractivity contribution in [2.24, 2.45) is 0 Å². The van der Waals surface area contributed by atoms with Crippen LogP contribution in [0, 0.1) is 0 Å². The molecule has 0 aromatic heterocycles. The highest BCUT2D eigenvalue weighted by atomic mass is 19.3. The van der Waals surface area contributed by atoms with E-state index in [4.69, 9.17) is 14.6 Å². The molecule has 0 saturated heterocycles. The van der Waals surface area contributed by atoms with Gasteiger partial charge in [0.25, 0.3) is 11.8 Å². The Balaban J connectivity index is 2.33. The molecule has 0 unspecified atom stereocenters. The monoisotopic (exact) mass is 275 g/mol. The predicted octanol–water partition coefficient (Wildman–Crippen LogP) is 0.818. The maximum Gasteiger partial charge on any atom is 0.287 e. The lowest BCUT2D eigenvalue weighted by molar-refractivity contribution is -0.126. The Morgan fingerprint density at radius 3 is 2.42 bits per heavy atom. The first-order valence-electron chi connectivity index (χ1n) is 5.49. The summed E-state index contributed by atoms with van der Waals surface area (Å²) in [6.07, 6.45) is 0. The van der Waals surface area contributed by atoms with E-state index in [0.29, 0.717) is 11.5 Å². The van der Waals surface area contributed by atoms with Crippen LogP contribution >= 0.6 is 0 Å². The largest absolute Gasteiger partial charge is 0.497 e. The van der Waals surface area contributed by atoms with E-state index in [0.717, 1.165) is 0 Å². The summed E-state index contributed by atoms with van der Waals surface area (Å²) >= 11 is 0. The van der Waals surface area contributed by atoms with Crippen molar-refractivity contribution in [3.8, 4) is 11.5 Å². The molecule has 1 amide bonds. The number of carbonyl (C=O) groups is 1. The van der Waals surface area contributed by atoms with Gasteiger partial charge < -0.3 is 19.9 Å². The van der Waals surface area contributed by atoms with Crippen molar-refractivity contribution in [1.82, 2.24) is 5.32 Å². The van der Waals surface area contributed by atoms with E-state index in [9.17, 15) is 13.6 Å². The van der Waals surface area contributed by atoms with Gasteiger partial charge in [0.2, 0.25) is 0 Å². The van der Waals surface area contributed by atoms with Crippen LogP contribution in [0.5, 0.6) is 11.5 Å². The summed E-state index contributed by atoms with van der Waals surface area (Å²) in [6, 6.07) is 6.48. The highest BCUT2D eigenvalue weighted by Gasteiger charge is 2.28. The summed E-state index contributed by atoms with van der Waals surface area (Å²) in [7, 11) is 1.52. The third-order valence-corrected chi connectivity index (χ3v) is 2.20. The van der Waals surface area contributed by atoms with Crippen LogP contribution in [0.3, 0.4) is 0 Å². The minimum absolute atomic E-state index is 0.381. The number of amides is 1. The molecule has 0 fully saturated rings. The Kier molecular flexibility index (Phi) is 5.50. The molecular weight excluding hydrogens is 260 g/mol. The van der Waals surface area contributed by atoms with Gasteiger partial charge in [0.15, 0.2) is 6.61 Å². The van der Waals surface area contributed by atoms with Crippen molar-refractivity contribution >= 4 is 5.91 Å². The maximum absolute atomic E-state index is 12.6. The number of aliphatic hydroxyl groups excluding tert-OH is 1. The zero-order valence-corrected chi connectivity index (χ0v) is 10.4. The number of hydrogen-bond acceptors (Lipinski definition) is 4. The lowest BCUT2D eigenvalue weighted by Gasteiger charge is -2.14. The molecule has 19 heavy (non-hydrogen) atoms. The lowest BCUT2D eigenvalue weighted by atomic mass is 10.3. The molecule has 0 spiro atoms. The molecule has 0 aliphatic heterocycles. The van der Waals surface area contributed by atoms with Crippen LogP contribution in [-0.2, 0) is 4.79 Å². The molecule has 1 aromatic carbocycles. The average Bonchev–Trinajstić information content (AvgIpc) is 2.43. The van der Waals surface area contributed by atoms with Gasteiger partial charge in [0.1, 0.15) is 18.1 Å². The van der Waals surface area contributed by atoms with Crippen LogP contribution in [0.2, 0.25) is 0 Å². The number of halogens is 2. The normalized spacial score (nSPS) is 10.9. The molecule has 2 N–H and O–H groups in total. The number of alkyl halides is 2. The Labute approximate surface area is 109 Å². The zero-order chi connectivity index (χ0) is 14.3. The van der Waals surface area contributed by atoms with E-state index in [1.807, 2.05) is 5.32 Å². The maximum atomic E-state index is 12.6. The summed E-state index contributed by atoms with van der Waals surface area (Å²) in [5.41, 5.74) is 0. The highest BCUT2D eigenvalue weighted by molar-refractivity contribution is 5.77. The Hall–Kier alpha value is -1.89. The minimum atomic E-state index is -3.32. The van der Waals surface area contributed by atoms with Crippen LogP contribution in [0.25, 0.3) is 0 Å². The van der Waals surface area contributed by atoms with Crippen LogP contribution < -0.4 is 14.8 Å². The molecule has 0 aliphatic carbocycles. The molecule has 0 heterocycles. The van der Waals surface area contributed by atoms with E-state index < -0.39 is 25.0 Å². The van der Waals surface area contributed by atoms with Crippen LogP contribution in [-0.4, -0.2) is 43.8 Å². The molecule has 1 aromatic rings. The standard InChI is InChI=1S/C12H15F2NO4/c1-18-9-2-4-10(5-3-9)19-6-11(17)15-7-12(13,14)8-16/h2-5,16H,6-8H2,1H3,(H,15,17). The van der Waals surface area contributed by atoms with E-state index >= 15 is 0 Å². The SMILES string of the molecule is COc1ccc(OCC(=O)NCC(F)(F)CO)cc1. The molecule has 5 nitrogen and oxygen atoms in total. The number of rotatable bonds is 7. The minimum Gasteiger partial charge on any atom is -0.497 e. The van der Waals surface area contributed by atoms with Gasteiger partial charge in [-0.25, -0.2) is 8.78 Å².